The molecule has 114 valence electrons. The lowest BCUT2D eigenvalue weighted by molar-refractivity contribution is -0.141. The average molecular weight is 280 g/mol. The lowest BCUT2D eigenvalue weighted by atomic mass is 9.88. The van der Waals surface area contributed by atoms with Gasteiger partial charge in [0.25, 0.3) is 0 Å². The molecule has 3 atom stereocenters. The lowest BCUT2D eigenvalue weighted by Crippen LogP contribution is -2.48. The van der Waals surface area contributed by atoms with Gasteiger partial charge in [0, 0.05) is 39.3 Å². The van der Waals surface area contributed by atoms with Gasteiger partial charge in [0.2, 0.25) is 0 Å². The first-order valence-corrected chi connectivity index (χ1v) is 8.26. The maximum atomic E-state index is 11.2. The molecule has 20 heavy (non-hydrogen) atoms. The summed E-state index contributed by atoms with van der Waals surface area (Å²) in [5.74, 6) is 2.99. The molecule has 3 unspecified atom stereocenters. The maximum absolute atomic E-state index is 11.2. The zero-order chi connectivity index (χ0) is 13.9. The van der Waals surface area contributed by atoms with Gasteiger partial charge in [-0.25, -0.2) is 0 Å². The van der Waals surface area contributed by atoms with E-state index >= 15 is 0 Å². The van der Waals surface area contributed by atoms with Crippen LogP contribution in [0.2, 0.25) is 0 Å². The zero-order valence-corrected chi connectivity index (χ0v) is 12.7. The van der Waals surface area contributed by atoms with Gasteiger partial charge in [-0.05, 0) is 37.0 Å². The normalized spacial score (nSPS) is 34.5. The van der Waals surface area contributed by atoms with Crippen LogP contribution in [0.25, 0.3) is 0 Å². The molecule has 0 spiro atoms. The van der Waals surface area contributed by atoms with Gasteiger partial charge in [-0.2, -0.15) is 0 Å². The third kappa shape index (κ3) is 3.34. The lowest BCUT2D eigenvalue weighted by Gasteiger charge is -2.37. The predicted octanol–water partition coefficient (Wildman–Crippen LogP) is 1.60. The van der Waals surface area contributed by atoms with Gasteiger partial charge in [-0.15, -0.1) is 0 Å². The Labute approximate surface area is 122 Å². The number of fused-ring (bicyclic) bond motifs is 2. The Morgan fingerprint density at radius 3 is 2.45 bits per heavy atom. The number of nitrogens with zero attached hydrogens (tertiary/aromatic N) is 2. The molecule has 2 aliphatic carbocycles. The molecule has 3 fully saturated rings. The number of carbonyl (C=O) groups excluding carboxylic acids is 1. The summed E-state index contributed by atoms with van der Waals surface area (Å²) in [6.45, 7) is 6.75. The fourth-order valence-electron chi connectivity index (χ4n) is 4.48. The van der Waals surface area contributed by atoms with Crippen LogP contribution in [0, 0.1) is 17.8 Å². The number of rotatable bonds is 5. The van der Waals surface area contributed by atoms with E-state index in [-0.39, 0.29) is 5.97 Å². The molecule has 0 aromatic rings. The first-order chi connectivity index (χ1) is 9.74. The molecule has 0 amide bonds. The number of esters is 1. The molecule has 1 heterocycles. The summed E-state index contributed by atoms with van der Waals surface area (Å²) in [5, 5.41) is 0. The molecule has 0 radical (unpaired) electrons. The monoisotopic (exact) mass is 280 g/mol. The van der Waals surface area contributed by atoms with Crippen molar-refractivity contribution in [3.05, 3.63) is 0 Å². The smallest absolute Gasteiger partial charge is 0.306 e. The van der Waals surface area contributed by atoms with Crippen LogP contribution in [-0.4, -0.2) is 62.1 Å². The number of ether oxygens (including phenoxy) is 1. The van der Waals surface area contributed by atoms with Gasteiger partial charge >= 0.3 is 5.97 Å². The quantitative estimate of drug-likeness (QED) is 0.716. The standard InChI is InChI=1S/C16H28N2O2/c1-20-16(19)4-5-17-6-8-18(9-7-17)12-15-11-13-2-3-14(15)10-13/h13-15H,2-12H2,1H3. The van der Waals surface area contributed by atoms with Crippen molar-refractivity contribution in [1.82, 2.24) is 9.80 Å². The van der Waals surface area contributed by atoms with Crippen LogP contribution in [0.1, 0.15) is 32.1 Å². The largest absolute Gasteiger partial charge is 0.469 e. The number of piperazine rings is 1. The fourth-order valence-corrected chi connectivity index (χ4v) is 4.48. The van der Waals surface area contributed by atoms with Crippen molar-refractivity contribution in [2.24, 2.45) is 17.8 Å². The summed E-state index contributed by atoms with van der Waals surface area (Å²) < 4.78 is 4.70. The average Bonchev–Trinajstić information content (AvgIpc) is 3.08. The summed E-state index contributed by atoms with van der Waals surface area (Å²) in [4.78, 5) is 16.2. The van der Waals surface area contributed by atoms with Crippen LogP contribution < -0.4 is 0 Å². The van der Waals surface area contributed by atoms with E-state index in [2.05, 4.69) is 9.80 Å². The van der Waals surface area contributed by atoms with Gasteiger partial charge in [-0.1, -0.05) is 6.42 Å². The second kappa shape index (κ2) is 6.44. The fraction of sp³-hybridized carbons (Fsp3) is 0.938. The second-order valence-electron chi connectivity index (χ2n) is 6.90. The van der Waals surface area contributed by atoms with E-state index in [1.165, 1.54) is 52.4 Å². The molecule has 2 saturated carbocycles. The Balaban J connectivity index is 1.35. The van der Waals surface area contributed by atoms with Crippen LogP contribution in [0.5, 0.6) is 0 Å². The molecule has 3 aliphatic rings. The third-order valence-corrected chi connectivity index (χ3v) is 5.70. The molecule has 0 aromatic heterocycles. The van der Waals surface area contributed by atoms with Gasteiger partial charge in [0.15, 0.2) is 0 Å². The Morgan fingerprint density at radius 2 is 1.85 bits per heavy atom. The van der Waals surface area contributed by atoms with E-state index in [1.807, 2.05) is 0 Å². The summed E-state index contributed by atoms with van der Waals surface area (Å²) in [7, 11) is 1.47. The van der Waals surface area contributed by atoms with E-state index in [9.17, 15) is 4.79 Å². The molecule has 4 heteroatoms. The first kappa shape index (κ1) is 14.3. The van der Waals surface area contributed by atoms with Crippen LogP contribution >= 0.6 is 0 Å². The molecular weight excluding hydrogens is 252 g/mol. The van der Waals surface area contributed by atoms with Gasteiger partial charge in [0.05, 0.1) is 13.5 Å². The molecular formula is C16H28N2O2. The topological polar surface area (TPSA) is 32.8 Å². The van der Waals surface area contributed by atoms with Crippen LogP contribution in [-0.2, 0) is 9.53 Å². The summed E-state index contributed by atoms with van der Waals surface area (Å²) in [6, 6.07) is 0. The number of hydrogen-bond acceptors (Lipinski definition) is 4. The SMILES string of the molecule is COC(=O)CCN1CCN(CC2CC3CCC2C3)CC1. The molecule has 4 nitrogen and oxygen atoms in total. The molecule has 0 aromatic carbocycles. The van der Waals surface area contributed by atoms with E-state index < -0.39 is 0 Å². The Morgan fingerprint density at radius 1 is 1.10 bits per heavy atom. The summed E-state index contributed by atoms with van der Waals surface area (Å²) in [6.07, 6.45) is 6.54. The minimum atomic E-state index is -0.0885. The number of hydrogen-bond donors (Lipinski definition) is 0. The number of carbonyl (C=O) groups is 1. The van der Waals surface area contributed by atoms with Crippen molar-refractivity contribution >= 4 is 5.97 Å². The summed E-state index contributed by atoms with van der Waals surface area (Å²) in [5.41, 5.74) is 0. The third-order valence-electron chi connectivity index (χ3n) is 5.70. The molecule has 1 saturated heterocycles. The Kier molecular flexibility index (Phi) is 4.61. The molecule has 1 aliphatic heterocycles. The van der Waals surface area contributed by atoms with E-state index in [0.717, 1.165) is 37.4 Å². The van der Waals surface area contributed by atoms with Crippen LogP contribution in [0.15, 0.2) is 0 Å². The van der Waals surface area contributed by atoms with E-state index in [4.69, 9.17) is 4.74 Å². The van der Waals surface area contributed by atoms with Gasteiger partial charge < -0.3 is 14.5 Å². The van der Waals surface area contributed by atoms with E-state index in [1.54, 1.807) is 0 Å². The highest BCUT2D eigenvalue weighted by Gasteiger charge is 2.40. The van der Waals surface area contributed by atoms with Crippen molar-refractivity contribution in [1.29, 1.82) is 0 Å². The van der Waals surface area contributed by atoms with Crippen LogP contribution in [0.3, 0.4) is 0 Å². The highest BCUT2D eigenvalue weighted by atomic mass is 16.5. The van der Waals surface area contributed by atoms with Gasteiger partial charge in [0.1, 0.15) is 0 Å². The summed E-state index contributed by atoms with van der Waals surface area (Å²) >= 11 is 0. The Hall–Kier alpha value is -0.610. The molecule has 3 rings (SSSR count). The predicted molar refractivity (Wildman–Crippen MR) is 78.5 cm³/mol. The van der Waals surface area contributed by atoms with Gasteiger partial charge in [-0.3, -0.25) is 4.79 Å². The van der Waals surface area contributed by atoms with Crippen molar-refractivity contribution < 1.29 is 9.53 Å². The molecule has 0 N–H and O–H groups in total. The van der Waals surface area contributed by atoms with Crippen molar-refractivity contribution in [2.45, 2.75) is 32.1 Å². The van der Waals surface area contributed by atoms with Crippen LogP contribution in [0.4, 0.5) is 0 Å². The first-order valence-electron chi connectivity index (χ1n) is 8.26. The second-order valence-corrected chi connectivity index (χ2v) is 6.90. The maximum Gasteiger partial charge on any atom is 0.306 e. The highest BCUT2D eigenvalue weighted by molar-refractivity contribution is 5.69. The molecule has 2 bridgehead atoms. The Bertz CT molecular complexity index is 339. The highest BCUT2D eigenvalue weighted by Crippen LogP contribution is 2.48. The zero-order valence-electron chi connectivity index (χ0n) is 12.7. The van der Waals surface area contributed by atoms with Crippen molar-refractivity contribution in [3.8, 4) is 0 Å². The van der Waals surface area contributed by atoms with Crippen molar-refractivity contribution in [2.75, 3.05) is 46.4 Å². The minimum absolute atomic E-state index is 0.0885. The van der Waals surface area contributed by atoms with E-state index in [0.29, 0.717) is 6.42 Å². The number of methoxy groups -OCH3 is 1. The minimum Gasteiger partial charge on any atom is -0.469 e. The van der Waals surface area contributed by atoms with Crippen molar-refractivity contribution in [3.63, 3.8) is 0 Å².